The molecule has 4 nitrogen and oxygen atoms in total. The fourth-order valence-electron chi connectivity index (χ4n) is 1.42. The van der Waals surface area contributed by atoms with Gasteiger partial charge < -0.3 is 10.1 Å². The van der Waals surface area contributed by atoms with Gasteiger partial charge in [0, 0.05) is 19.3 Å². The molecule has 0 aliphatic heterocycles. The fourth-order valence-corrected chi connectivity index (χ4v) is 1.42. The lowest BCUT2D eigenvalue weighted by Gasteiger charge is -2.07. The third-order valence-electron chi connectivity index (χ3n) is 2.55. The Kier molecular flexibility index (Phi) is 3.23. The summed E-state index contributed by atoms with van der Waals surface area (Å²) in [6, 6.07) is 7.70. The van der Waals surface area contributed by atoms with Gasteiger partial charge in [-0.05, 0) is 37.1 Å². The predicted molar refractivity (Wildman–Crippen MR) is 67.6 cm³/mol. The number of rotatable bonds is 3. The minimum absolute atomic E-state index is 0.535. The lowest BCUT2D eigenvalue weighted by molar-refractivity contribution is 0.462. The second-order valence-electron chi connectivity index (χ2n) is 3.82. The maximum Gasteiger partial charge on any atom is 0.225 e. The second-order valence-corrected chi connectivity index (χ2v) is 3.82. The Morgan fingerprint density at radius 3 is 2.65 bits per heavy atom. The zero-order valence-corrected chi connectivity index (χ0v) is 10.2. The van der Waals surface area contributed by atoms with Crippen molar-refractivity contribution in [1.82, 2.24) is 9.97 Å². The van der Waals surface area contributed by atoms with Crippen molar-refractivity contribution in [2.24, 2.45) is 0 Å². The first kappa shape index (κ1) is 11.4. The Bertz CT molecular complexity index is 526. The Morgan fingerprint density at radius 2 is 1.94 bits per heavy atom. The first-order valence-corrected chi connectivity index (χ1v) is 5.45. The molecular weight excluding hydrogens is 214 g/mol. The van der Waals surface area contributed by atoms with E-state index in [0.29, 0.717) is 11.8 Å². The van der Waals surface area contributed by atoms with Crippen LogP contribution in [0.15, 0.2) is 30.5 Å². The van der Waals surface area contributed by atoms with Crippen LogP contribution in [0.25, 0.3) is 0 Å². The molecule has 1 aromatic heterocycles. The van der Waals surface area contributed by atoms with Crippen molar-refractivity contribution >= 4 is 5.95 Å². The number of ether oxygens (including phenoxy) is 1. The van der Waals surface area contributed by atoms with Crippen molar-refractivity contribution in [3.63, 3.8) is 0 Å². The number of nitrogens with zero attached hydrogens (tertiary/aromatic N) is 2. The highest BCUT2D eigenvalue weighted by molar-refractivity contribution is 5.36. The van der Waals surface area contributed by atoms with Crippen LogP contribution in [0.5, 0.6) is 11.6 Å². The SMILES string of the molecule is CNc1nccc(Oc2ccc(C)c(C)c2)n1. The van der Waals surface area contributed by atoms with Gasteiger partial charge in [-0.15, -0.1) is 0 Å². The molecule has 0 atom stereocenters. The molecule has 0 aliphatic rings. The van der Waals surface area contributed by atoms with Crippen LogP contribution in [-0.2, 0) is 0 Å². The Morgan fingerprint density at radius 1 is 1.12 bits per heavy atom. The molecule has 2 aromatic rings. The zero-order chi connectivity index (χ0) is 12.3. The quantitative estimate of drug-likeness (QED) is 0.879. The summed E-state index contributed by atoms with van der Waals surface area (Å²) in [6.07, 6.45) is 1.66. The highest BCUT2D eigenvalue weighted by Crippen LogP contribution is 2.22. The van der Waals surface area contributed by atoms with E-state index < -0.39 is 0 Å². The Hall–Kier alpha value is -2.10. The van der Waals surface area contributed by atoms with Crippen molar-refractivity contribution in [3.05, 3.63) is 41.6 Å². The van der Waals surface area contributed by atoms with Gasteiger partial charge >= 0.3 is 0 Å². The van der Waals surface area contributed by atoms with Crippen molar-refractivity contribution in [1.29, 1.82) is 0 Å². The zero-order valence-electron chi connectivity index (χ0n) is 10.2. The van der Waals surface area contributed by atoms with Gasteiger partial charge in [0.2, 0.25) is 11.8 Å². The maximum absolute atomic E-state index is 5.67. The number of benzene rings is 1. The molecule has 0 fully saturated rings. The van der Waals surface area contributed by atoms with Crippen LogP contribution in [-0.4, -0.2) is 17.0 Å². The van der Waals surface area contributed by atoms with Crippen LogP contribution in [0.3, 0.4) is 0 Å². The van der Waals surface area contributed by atoms with E-state index in [9.17, 15) is 0 Å². The van der Waals surface area contributed by atoms with Crippen molar-refractivity contribution in [2.75, 3.05) is 12.4 Å². The smallest absolute Gasteiger partial charge is 0.225 e. The second kappa shape index (κ2) is 4.82. The first-order valence-electron chi connectivity index (χ1n) is 5.45. The molecule has 1 N–H and O–H groups in total. The van der Waals surface area contributed by atoms with E-state index in [0.717, 1.165) is 5.75 Å². The van der Waals surface area contributed by atoms with E-state index >= 15 is 0 Å². The minimum atomic E-state index is 0.535. The summed E-state index contributed by atoms with van der Waals surface area (Å²) in [5.41, 5.74) is 2.45. The highest BCUT2D eigenvalue weighted by Gasteiger charge is 2.02. The van der Waals surface area contributed by atoms with Crippen LogP contribution < -0.4 is 10.1 Å². The summed E-state index contributed by atoms with van der Waals surface area (Å²) in [4.78, 5) is 8.22. The molecule has 4 heteroatoms. The van der Waals surface area contributed by atoms with Crippen molar-refractivity contribution in [2.45, 2.75) is 13.8 Å². The normalized spacial score (nSPS) is 10.1. The average Bonchev–Trinajstić information content (AvgIpc) is 2.34. The van der Waals surface area contributed by atoms with E-state index in [2.05, 4.69) is 29.1 Å². The lowest BCUT2D eigenvalue weighted by atomic mass is 10.1. The molecule has 0 saturated carbocycles. The van der Waals surface area contributed by atoms with Crippen LogP contribution >= 0.6 is 0 Å². The molecule has 2 rings (SSSR count). The third kappa shape index (κ3) is 2.72. The van der Waals surface area contributed by atoms with Gasteiger partial charge in [-0.2, -0.15) is 4.98 Å². The standard InChI is InChI=1S/C13H15N3O/c1-9-4-5-11(8-10(9)2)17-12-6-7-15-13(14-3)16-12/h4-8H,1-3H3,(H,14,15,16). The van der Waals surface area contributed by atoms with Crippen LogP contribution in [0.1, 0.15) is 11.1 Å². The number of aryl methyl sites for hydroxylation is 2. The number of hydrogen-bond donors (Lipinski definition) is 1. The molecule has 0 bridgehead atoms. The van der Waals surface area contributed by atoms with Crippen LogP contribution in [0, 0.1) is 13.8 Å². The van der Waals surface area contributed by atoms with Crippen molar-refractivity contribution in [3.8, 4) is 11.6 Å². The summed E-state index contributed by atoms with van der Waals surface area (Å²) in [6.45, 7) is 4.13. The highest BCUT2D eigenvalue weighted by atomic mass is 16.5. The van der Waals surface area contributed by atoms with Crippen molar-refractivity contribution < 1.29 is 4.74 Å². The third-order valence-corrected chi connectivity index (χ3v) is 2.55. The summed E-state index contributed by atoms with van der Waals surface area (Å²) in [5, 5.41) is 2.87. The molecule has 1 aromatic carbocycles. The number of aromatic nitrogens is 2. The number of anilines is 1. The molecule has 0 saturated heterocycles. The molecule has 17 heavy (non-hydrogen) atoms. The Labute approximate surface area is 101 Å². The largest absolute Gasteiger partial charge is 0.439 e. The minimum Gasteiger partial charge on any atom is -0.439 e. The van der Waals surface area contributed by atoms with E-state index in [1.165, 1.54) is 11.1 Å². The van der Waals surface area contributed by atoms with E-state index in [1.807, 2.05) is 18.2 Å². The molecular formula is C13H15N3O. The predicted octanol–water partition coefficient (Wildman–Crippen LogP) is 2.93. The van der Waals surface area contributed by atoms with Gasteiger partial charge in [-0.25, -0.2) is 4.98 Å². The molecule has 0 amide bonds. The number of nitrogens with one attached hydrogen (secondary N) is 1. The monoisotopic (exact) mass is 229 g/mol. The van der Waals surface area contributed by atoms with Gasteiger partial charge in [0.05, 0.1) is 0 Å². The average molecular weight is 229 g/mol. The van der Waals surface area contributed by atoms with Gasteiger partial charge in [-0.3, -0.25) is 0 Å². The fraction of sp³-hybridized carbons (Fsp3) is 0.231. The Balaban J connectivity index is 2.22. The van der Waals surface area contributed by atoms with Crippen LogP contribution in [0.4, 0.5) is 5.95 Å². The lowest BCUT2D eigenvalue weighted by Crippen LogP contribution is -1.97. The summed E-state index contributed by atoms with van der Waals surface area (Å²) in [7, 11) is 1.77. The summed E-state index contributed by atoms with van der Waals surface area (Å²) >= 11 is 0. The van der Waals surface area contributed by atoms with Gasteiger partial charge in [0.1, 0.15) is 5.75 Å². The molecule has 88 valence electrons. The summed E-state index contributed by atoms with van der Waals surface area (Å²) < 4.78 is 5.67. The van der Waals surface area contributed by atoms with E-state index in [4.69, 9.17) is 4.74 Å². The van der Waals surface area contributed by atoms with Gasteiger partial charge in [0.25, 0.3) is 0 Å². The molecule has 0 unspecified atom stereocenters. The summed E-state index contributed by atoms with van der Waals surface area (Å²) in [5.74, 6) is 1.87. The molecule has 0 spiro atoms. The van der Waals surface area contributed by atoms with E-state index in [1.54, 1.807) is 19.3 Å². The van der Waals surface area contributed by atoms with Gasteiger partial charge in [0.15, 0.2) is 0 Å². The van der Waals surface area contributed by atoms with Gasteiger partial charge in [-0.1, -0.05) is 6.07 Å². The maximum atomic E-state index is 5.67. The first-order chi connectivity index (χ1) is 8.19. The topological polar surface area (TPSA) is 47.0 Å². The number of hydrogen-bond acceptors (Lipinski definition) is 4. The molecule has 0 aliphatic carbocycles. The molecule has 0 radical (unpaired) electrons. The van der Waals surface area contributed by atoms with E-state index in [-0.39, 0.29) is 0 Å². The van der Waals surface area contributed by atoms with Crippen LogP contribution in [0.2, 0.25) is 0 Å². The molecule has 1 heterocycles.